The smallest absolute Gasteiger partial charge is 0.391 e. The van der Waals surface area contributed by atoms with Crippen LogP contribution in [-0.2, 0) is 6.54 Å². The molecule has 1 aromatic rings. The van der Waals surface area contributed by atoms with E-state index in [9.17, 15) is 4.79 Å². The molecule has 1 heterocycles. The highest BCUT2D eigenvalue weighted by molar-refractivity contribution is 9.10. The molecule has 4 N–H and O–H groups in total. The van der Waals surface area contributed by atoms with Crippen LogP contribution in [0.4, 0.5) is 4.79 Å². The maximum atomic E-state index is 10.4. The Bertz CT molecular complexity index is 330. The summed E-state index contributed by atoms with van der Waals surface area (Å²) in [5.41, 5.74) is 11.0. The van der Waals surface area contributed by atoms with Crippen molar-refractivity contribution in [3.8, 4) is 5.88 Å². The second-order valence-electron chi connectivity index (χ2n) is 2.24. The maximum Gasteiger partial charge on any atom is 0.411 e. The van der Waals surface area contributed by atoms with Gasteiger partial charge in [-0.3, -0.25) is 0 Å². The Hall–Kier alpha value is -1.14. The van der Waals surface area contributed by atoms with E-state index in [0.717, 1.165) is 10.0 Å². The standard InChI is InChI=1S/C7H8BrN3O2/c8-5-3-11-6(13-7(10)12)1-4(5)2-9/h1,3H,2,9H2,(H2,10,12). The molecule has 6 heteroatoms. The molecule has 0 spiro atoms. The molecular formula is C7H8BrN3O2. The monoisotopic (exact) mass is 245 g/mol. The number of amides is 1. The van der Waals surface area contributed by atoms with Crippen LogP contribution in [0.1, 0.15) is 5.56 Å². The number of rotatable bonds is 2. The quantitative estimate of drug-likeness (QED) is 0.805. The number of ether oxygens (including phenoxy) is 1. The summed E-state index contributed by atoms with van der Waals surface area (Å²) in [4.78, 5) is 14.2. The lowest BCUT2D eigenvalue weighted by atomic mass is 10.3. The largest absolute Gasteiger partial charge is 0.411 e. The third-order valence-corrected chi connectivity index (χ3v) is 2.05. The average Bonchev–Trinajstić information content (AvgIpc) is 2.07. The molecule has 0 aliphatic carbocycles. The van der Waals surface area contributed by atoms with E-state index in [1.807, 2.05) is 0 Å². The summed E-state index contributed by atoms with van der Waals surface area (Å²) >= 11 is 3.24. The fraction of sp³-hybridized carbons (Fsp3) is 0.143. The molecule has 1 rings (SSSR count). The van der Waals surface area contributed by atoms with Crippen LogP contribution in [0.15, 0.2) is 16.7 Å². The highest BCUT2D eigenvalue weighted by Gasteiger charge is 2.04. The summed E-state index contributed by atoms with van der Waals surface area (Å²) in [5.74, 6) is 0.149. The lowest BCUT2D eigenvalue weighted by Crippen LogP contribution is -2.17. The van der Waals surface area contributed by atoms with Crippen LogP contribution < -0.4 is 16.2 Å². The van der Waals surface area contributed by atoms with E-state index < -0.39 is 6.09 Å². The first-order chi connectivity index (χ1) is 6.13. The fourth-order valence-corrected chi connectivity index (χ4v) is 1.15. The summed E-state index contributed by atoms with van der Waals surface area (Å²) in [6.07, 6.45) is 0.610. The minimum atomic E-state index is -0.891. The Morgan fingerprint density at radius 1 is 1.69 bits per heavy atom. The molecule has 1 amide bonds. The Kier molecular flexibility index (Phi) is 3.21. The van der Waals surface area contributed by atoms with Crippen molar-refractivity contribution >= 4 is 22.0 Å². The predicted octanol–water partition coefficient (Wildman–Crippen LogP) is 0.760. The van der Waals surface area contributed by atoms with Crippen LogP contribution in [0, 0.1) is 0 Å². The van der Waals surface area contributed by atoms with Gasteiger partial charge >= 0.3 is 6.09 Å². The number of hydrogen-bond acceptors (Lipinski definition) is 4. The summed E-state index contributed by atoms with van der Waals surface area (Å²) < 4.78 is 5.33. The van der Waals surface area contributed by atoms with Crippen LogP contribution in [0.25, 0.3) is 0 Å². The highest BCUT2D eigenvalue weighted by Crippen LogP contribution is 2.19. The number of halogens is 1. The van der Waals surface area contributed by atoms with E-state index in [-0.39, 0.29) is 5.88 Å². The molecular weight excluding hydrogens is 238 g/mol. The molecule has 0 fully saturated rings. The number of carbonyl (C=O) groups is 1. The maximum absolute atomic E-state index is 10.4. The van der Waals surface area contributed by atoms with Gasteiger partial charge in [0.25, 0.3) is 0 Å². The van der Waals surface area contributed by atoms with Crippen LogP contribution in [0.5, 0.6) is 5.88 Å². The Morgan fingerprint density at radius 3 is 2.92 bits per heavy atom. The topological polar surface area (TPSA) is 91.2 Å². The highest BCUT2D eigenvalue weighted by atomic mass is 79.9. The molecule has 1 aromatic heterocycles. The Balaban J connectivity index is 2.92. The number of carbonyl (C=O) groups excluding carboxylic acids is 1. The molecule has 70 valence electrons. The molecule has 0 bridgehead atoms. The normalized spacial score (nSPS) is 9.69. The van der Waals surface area contributed by atoms with Gasteiger partial charge in [-0.2, -0.15) is 0 Å². The van der Waals surface area contributed by atoms with Gasteiger partial charge in [-0.15, -0.1) is 0 Å². The van der Waals surface area contributed by atoms with Crippen LogP contribution in [0.3, 0.4) is 0 Å². The molecule has 0 unspecified atom stereocenters. The number of aromatic nitrogens is 1. The number of pyridine rings is 1. The lowest BCUT2D eigenvalue weighted by Gasteiger charge is -2.03. The molecule has 0 radical (unpaired) electrons. The summed E-state index contributed by atoms with van der Waals surface area (Å²) in [6.45, 7) is 0.332. The van der Waals surface area contributed by atoms with E-state index in [0.29, 0.717) is 6.54 Å². The third-order valence-electron chi connectivity index (χ3n) is 1.33. The molecule has 5 nitrogen and oxygen atoms in total. The lowest BCUT2D eigenvalue weighted by molar-refractivity contribution is 0.209. The predicted molar refractivity (Wildman–Crippen MR) is 50.0 cm³/mol. The van der Waals surface area contributed by atoms with Crippen molar-refractivity contribution in [1.29, 1.82) is 0 Å². The first-order valence-electron chi connectivity index (χ1n) is 3.45. The SMILES string of the molecule is NCc1cc(OC(N)=O)ncc1Br. The van der Waals surface area contributed by atoms with Crippen LogP contribution in [-0.4, -0.2) is 11.1 Å². The van der Waals surface area contributed by atoms with Gasteiger partial charge in [0, 0.05) is 23.3 Å². The van der Waals surface area contributed by atoms with E-state index >= 15 is 0 Å². The zero-order valence-electron chi connectivity index (χ0n) is 6.66. The molecule has 0 aromatic carbocycles. The average molecular weight is 246 g/mol. The van der Waals surface area contributed by atoms with Crippen LogP contribution >= 0.6 is 15.9 Å². The number of hydrogen-bond donors (Lipinski definition) is 2. The number of nitrogens with zero attached hydrogens (tertiary/aromatic N) is 1. The van der Waals surface area contributed by atoms with Gasteiger partial charge in [0.1, 0.15) is 0 Å². The van der Waals surface area contributed by atoms with Crippen molar-refractivity contribution in [1.82, 2.24) is 4.98 Å². The number of primary amides is 1. The van der Waals surface area contributed by atoms with Gasteiger partial charge in [0.05, 0.1) is 0 Å². The molecule has 0 saturated heterocycles. The molecule has 0 aliphatic heterocycles. The van der Waals surface area contributed by atoms with E-state index in [4.69, 9.17) is 11.5 Å². The van der Waals surface area contributed by atoms with Crippen molar-refractivity contribution in [2.45, 2.75) is 6.54 Å². The van der Waals surface area contributed by atoms with Gasteiger partial charge in [-0.25, -0.2) is 9.78 Å². The number of nitrogens with two attached hydrogens (primary N) is 2. The molecule has 0 atom stereocenters. The van der Waals surface area contributed by atoms with Crippen LogP contribution in [0.2, 0.25) is 0 Å². The minimum Gasteiger partial charge on any atom is -0.391 e. The Morgan fingerprint density at radius 2 is 2.38 bits per heavy atom. The van der Waals surface area contributed by atoms with E-state index in [1.54, 1.807) is 6.07 Å². The van der Waals surface area contributed by atoms with Gasteiger partial charge in [-0.1, -0.05) is 0 Å². The third kappa shape index (κ3) is 2.67. The van der Waals surface area contributed by atoms with Crippen molar-refractivity contribution < 1.29 is 9.53 Å². The molecule has 13 heavy (non-hydrogen) atoms. The second-order valence-corrected chi connectivity index (χ2v) is 3.09. The summed E-state index contributed by atoms with van der Waals surface area (Å²) in [6, 6.07) is 1.55. The summed E-state index contributed by atoms with van der Waals surface area (Å²) in [7, 11) is 0. The zero-order valence-corrected chi connectivity index (χ0v) is 8.24. The van der Waals surface area contributed by atoms with Gasteiger partial charge < -0.3 is 16.2 Å². The van der Waals surface area contributed by atoms with Gasteiger partial charge in [-0.05, 0) is 21.5 Å². The van der Waals surface area contributed by atoms with Crippen molar-refractivity contribution in [2.75, 3.05) is 0 Å². The van der Waals surface area contributed by atoms with Crippen molar-refractivity contribution in [2.24, 2.45) is 11.5 Å². The fourth-order valence-electron chi connectivity index (χ4n) is 0.774. The first kappa shape index (κ1) is 9.94. The van der Waals surface area contributed by atoms with E-state index in [2.05, 4.69) is 25.7 Å². The van der Waals surface area contributed by atoms with Crippen molar-refractivity contribution in [3.05, 3.63) is 22.3 Å². The zero-order chi connectivity index (χ0) is 9.84. The second kappa shape index (κ2) is 4.20. The van der Waals surface area contributed by atoms with Crippen molar-refractivity contribution in [3.63, 3.8) is 0 Å². The molecule has 0 aliphatic rings. The summed E-state index contributed by atoms with van der Waals surface area (Å²) in [5, 5.41) is 0. The molecule has 0 saturated carbocycles. The van der Waals surface area contributed by atoms with E-state index in [1.165, 1.54) is 6.20 Å². The minimum absolute atomic E-state index is 0.149. The van der Waals surface area contributed by atoms with Gasteiger partial charge in [0.2, 0.25) is 5.88 Å². The first-order valence-corrected chi connectivity index (χ1v) is 4.24. The van der Waals surface area contributed by atoms with Gasteiger partial charge in [0.15, 0.2) is 0 Å². The Labute approximate surface area is 83.2 Å².